The number of ether oxygens (including phenoxy) is 1. The van der Waals surface area contributed by atoms with Crippen LogP contribution in [0.15, 0.2) is 18.2 Å². The molecule has 0 spiro atoms. The van der Waals surface area contributed by atoms with Crippen molar-refractivity contribution in [1.29, 1.82) is 0 Å². The van der Waals surface area contributed by atoms with Crippen molar-refractivity contribution >= 4 is 18.3 Å². The molecule has 1 heterocycles. The normalized spacial score (nSPS) is 20.6. The maximum Gasteiger partial charge on any atom is 0.226 e. The topological polar surface area (TPSA) is 55.6 Å². The molecule has 1 saturated heterocycles. The molecular weight excluding hydrogens is 300 g/mol. The number of carbonyl (C=O) groups is 1. The van der Waals surface area contributed by atoms with Crippen LogP contribution in [0.25, 0.3) is 0 Å². The van der Waals surface area contributed by atoms with Gasteiger partial charge in [0, 0.05) is 12.6 Å². The summed E-state index contributed by atoms with van der Waals surface area (Å²) in [7, 11) is 0. The van der Waals surface area contributed by atoms with Crippen molar-refractivity contribution in [2.45, 2.75) is 39.7 Å². The Morgan fingerprint density at radius 2 is 2.14 bits per heavy atom. The first kappa shape index (κ1) is 18.8. The summed E-state index contributed by atoms with van der Waals surface area (Å²) >= 11 is 0. The molecule has 22 heavy (non-hydrogen) atoms. The minimum Gasteiger partial charge on any atom is -0.493 e. The molecule has 2 atom stereocenters. The molecule has 0 aromatic heterocycles. The Bertz CT molecular complexity index is 507. The van der Waals surface area contributed by atoms with Crippen molar-refractivity contribution in [3.05, 3.63) is 29.3 Å². The molecule has 0 saturated carbocycles. The van der Waals surface area contributed by atoms with Crippen molar-refractivity contribution in [3.63, 3.8) is 0 Å². The van der Waals surface area contributed by atoms with Gasteiger partial charge in [-0.2, -0.15) is 0 Å². The average Bonchev–Trinajstić information content (AvgIpc) is 2.84. The number of carbonyl (C=O) groups excluding carboxylic acids is 1. The zero-order valence-corrected chi connectivity index (χ0v) is 14.5. The predicted octanol–water partition coefficient (Wildman–Crippen LogP) is 2.69. The summed E-state index contributed by atoms with van der Waals surface area (Å²) in [4.78, 5) is 14.2. The van der Waals surface area contributed by atoms with Crippen LogP contribution in [0, 0.1) is 19.8 Å². The highest BCUT2D eigenvalue weighted by molar-refractivity contribution is 5.85. The van der Waals surface area contributed by atoms with Crippen LogP contribution in [0.1, 0.15) is 30.9 Å². The fourth-order valence-corrected chi connectivity index (χ4v) is 2.93. The van der Waals surface area contributed by atoms with E-state index in [0.717, 1.165) is 24.3 Å². The van der Waals surface area contributed by atoms with Crippen LogP contribution in [0.2, 0.25) is 0 Å². The Hall–Kier alpha value is -1.26. The van der Waals surface area contributed by atoms with Crippen molar-refractivity contribution in [2.75, 3.05) is 19.7 Å². The zero-order valence-electron chi connectivity index (χ0n) is 13.7. The Kier molecular flexibility index (Phi) is 7.17. The first-order chi connectivity index (χ1) is 10.0. The molecule has 4 nitrogen and oxygen atoms in total. The van der Waals surface area contributed by atoms with E-state index in [1.807, 2.05) is 24.0 Å². The molecule has 1 aromatic carbocycles. The molecule has 2 rings (SSSR count). The average molecular weight is 327 g/mol. The monoisotopic (exact) mass is 326 g/mol. The lowest BCUT2D eigenvalue weighted by Crippen LogP contribution is -2.35. The number of hydrogen-bond acceptors (Lipinski definition) is 3. The molecule has 0 aliphatic carbocycles. The molecule has 1 aromatic rings. The van der Waals surface area contributed by atoms with E-state index >= 15 is 0 Å². The van der Waals surface area contributed by atoms with Gasteiger partial charge in [0.1, 0.15) is 5.75 Å². The number of halogens is 1. The van der Waals surface area contributed by atoms with Gasteiger partial charge < -0.3 is 15.4 Å². The SMILES string of the molecule is Cc1cccc(OCCC(=O)N2CC(CN)CC2C)c1C.Cl. The van der Waals surface area contributed by atoms with Gasteiger partial charge in [-0.15, -0.1) is 12.4 Å². The third kappa shape index (κ3) is 4.37. The largest absolute Gasteiger partial charge is 0.493 e. The highest BCUT2D eigenvalue weighted by Gasteiger charge is 2.31. The highest BCUT2D eigenvalue weighted by Crippen LogP contribution is 2.23. The van der Waals surface area contributed by atoms with Crippen LogP contribution in [0.3, 0.4) is 0 Å². The van der Waals surface area contributed by atoms with E-state index < -0.39 is 0 Å². The Balaban J connectivity index is 0.00000242. The second kappa shape index (κ2) is 8.39. The molecule has 1 amide bonds. The van der Waals surface area contributed by atoms with Gasteiger partial charge in [-0.25, -0.2) is 0 Å². The molecule has 1 aliphatic heterocycles. The van der Waals surface area contributed by atoms with Gasteiger partial charge in [0.15, 0.2) is 0 Å². The smallest absolute Gasteiger partial charge is 0.226 e. The summed E-state index contributed by atoms with van der Waals surface area (Å²) < 4.78 is 5.76. The van der Waals surface area contributed by atoms with Crippen LogP contribution < -0.4 is 10.5 Å². The minimum absolute atomic E-state index is 0. The molecule has 124 valence electrons. The summed E-state index contributed by atoms with van der Waals surface area (Å²) in [5, 5.41) is 0. The number of rotatable bonds is 5. The van der Waals surface area contributed by atoms with Gasteiger partial charge in [-0.1, -0.05) is 12.1 Å². The number of nitrogens with two attached hydrogens (primary N) is 1. The third-order valence-corrected chi connectivity index (χ3v) is 4.44. The van der Waals surface area contributed by atoms with Gasteiger partial charge in [-0.05, 0) is 56.8 Å². The second-order valence-corrected chi connectivity index (χ2v) is 6.03. The highest BCUT2D eigenvalue weighted by atomic mass is 35.5. The summed E-state index contributed by atoms with van der Waals surface area (Å²) in [5.41, 5.74) is 8.05. The van der Waals surface area contributed by atoms with Gasteiger partial charge in [-0.3, -0.25) is 4.79 Å². The van der Waals surface area contributed by atoms with E-state index in [1.54, 1.807) is 0 Å². The van der Waals surface area contributed by atoms with Gasteiger partial charge >= 0.3 is 0 Å². The maximum atomic E-state index is 12.3. The predicted molar refractivity (Wildman–Crippen MR) is 91.6 cm³/mol. The summed E-state index contributed by atoms with van der Waals surface area (Å²) in [6.07, 6.45) is 1.44. The van der Waals surface area contributed by atoms with Crippen molar-refractivity contribution < 1.29 is 9.53 Å². The van der Waals surface area contributed by atoms with Crippen molar-refractivity contribution in [2.24, 2.45) is 11.7 Å². The molecule has 2 unspecified atom stereocenters. The summed E-state index contributed by atoms with van der Waals surface area (Å²) in [5.74, 6) is 1.49. The lowest BCUT2D eigenvalue weighted by Gasteiger charge is -2.21. The Morgan fingerprint density at radius 3 is 2.77 bits per heavy atom. The van der Waals surface area contributed by atoms with Crippen LogP contribution in [0.4, 0.5) is 0 Å². The lowest BCUT2D eigenvalue weighted by molar-refractivity contribution is -0.132. The van der Waals surface area contributed by atoms with Crippen molar-refractivity contribution in [1.82, 2.24) is 4.90 Å². The zero-order chi connectivity index (χ0) is 15.4. The number of aryl methyl sites for hydroxylation is 1. The number of amides is 1. The third-order valence-electron chi connectivity index (χ3n) is 4.44. The fraction of sp³-hybridized carbons (Fsp3) is 0.588. The standard InChI is InChI=1S/C17H26N2O2.ClH/c1-12-5-4-6-16(14(12)3)21-8-7-17(20)19-11-15(10-18)9-13(19)2;/h4-6,13,15H,7-11,18H2,1-3H3;1H. The van der Waals surface area contributed by atoms with Crippen LogP contribution >= 0.6 is 12.4 Å². The van der Waals surface area contributed by atoms with Gasteiger partial charge in [0.05, 0.1) is 13.0 Å². The van der Waals surface area contributed by atoms with E-state index in [0.29, 0.717) is 31.5 Å². The summed E-state index contributed by atoms with van der Waals surface area (Å²) in [6, 6.07) is 6.29. The fourth-order valence-electron chi connectivity index (χ4n) is 2.93. The first-order valence-electron chi connectivity index (χ1n) is 7.71. The lowest BCUT2D eigenvalue weighted by atomic mass is 10.1. The molecule has 0 radical (unpaired) electrons. The molecule has 2 N–H and O–H groups in total. The number of benzene rings is 1. The number of hydrogen-bond donors (Lipinski definition) is 1. The Morgan fingerprint density at radius 1 is 1.41 bits per heavy atom. The molecule has 1 fully saturated rings. The molecule has 0 bridgehead atoms. The minimum atomic E-state index is 0. The first-order valence-corrected chi connectivity index (χ1v) is 7.71. The van der Waals surface area contributed by atoms with E-state index in [2.05, 4.69) is 19.9 Å². The maximum absolute atomic E-state index is 12.3. The second-order valence-electron chi connectivity index (χ2n) is 6.03. The van der Waals surface area contributed by atoms with Gasteiger partial charge in [0.2, 0.25) is 5.91 Å². The van der Waals surface area contributed by atoms with E-state index in [4.69, 9.17) is 10.5 Å². The number of likely N-dealkylation sites (tertiary alicyclic amines) is 1. The summed E-state index contributed by atoms with van der Waals surface area (Å²) in [6.45, 7) is 8.08. The van der Waals surface area contributed by atoms with E-state index in [1.165, 1.54) is 5.56 Å². The van der Waals surface area contributed by atoms with Crippen LogP contribution in [-0.4, -0.2) is 36.5 Å². The van der Waals surface area contributed by atoms with Crippen molar-refractivity contribution in [3.8, 4) is 5.75 Å². The Labute approximate surface area is 139 Å². The molecule has 1 aliphatic rings. The molecule has 5 heteroatoms. The molecular formula is C17H27ClN2O2. The van der Waals surface area contributed by atoms with E-state index in [-0.39, 0.29) is 18.3 Å². The van der Waals surface area contributed by atoms with Crippen LogP contribution in [-0.2, 0) is 4.79 Å². The van der Waals surface area contributed by atoms with Gasteiger partial charge in [0.25, 0.3) is 0 Å². The number of nitrogens with zero attached hydrogens (tertiary/aromatic N) is 1. The van der Waals surface area contributed by atoms with Crippen LogP contribution in [0.5, 0.6) is 5.75 Å². The quantitative estimate of drug-likeness (QED) is 0.905. The van der Waals surface area contributed by atoms with E-state index in [9.17, 15) is 4.79 Å².